The lowest BCUT2D eigenvalue weighted by molar-refractivity contribution is -0.143. The van der Waals surface area contributed by atoms with Crippen molar-refractivity contribution < 1.29 is 36.2 Å². The molecule has 1 atom stereocenters. The second kappa shape index (κ2) is 13.8. The van der Waals surface area contributed by atoms with Crippen LogP contribution in [0.3, 0.4) is 0 Å². The zero-order valence-corrected chi connectivity index (χ0v) is 23.5. The number of halogens is 8. The monoisotopic (exact) mass is 623 g/mol. The van der Waals surface area contributed by atoms with Gasteiger partial charge in [-0.25, -0.2) is 0 Å². The highest BCUT2D eigenvalue weighted by Crippen LogP contribution is 2.37. The molecule has 4 rings (SSSR count). The van der Waals surface area contributed by atoms with Gasteiger partial charge in [-0.15, -0.1) is 24.8 Å². The predicted molar refractivity (Wildman–Crippen MR) is 147 cm³/mol. The number of aromatic nitrogens is 1. The third kappa shape index (κ3) is 8.73. The quantitative estimate of drug-likeness (QED) is 0.315. The molecular weight excluding hydrogens is 595 g/mol. The van der Waals surface area contributed by atoms with Crippen LogP contribution in [-0.2, 0) is 25.2 Å². The number of phenolic OH excluding ortho intramolecular Hbond substituents is 1. The van der Waals surface area contributed by atoms with Gasteiger partial charge in [0.15, 0.2) is 0 Å². The number of carbonyl (C=O) groups excluding carboxylic acids is 1. The molecule has 1 aliphatic heterocycles. The number of hydrogen-bond donors (Lipinski definition) is 1. The molecule has 0 unspecified atom stereocenters. The van der Waals surface area contributed by atoms with Gasteiger partial charge in [-0.1, -0.05) is 18.2 Å². The van der Waals surface area contributed by atoms with Gasteiger partial charge in [0.1, 0.15) is 5.75 Å². The van der Waals surface area contributed by atoms with E-state index in [2.05, 4.69) is 9.88 Å². The molecule has 3 aromatic rings. The maximum Gasteiger partial charge on any atom is 0.416 e. The number of aryl methyl sites for hydroxylation is 1. The predicted octanol–water partition coefficient (Wildman–Crippen LogP) is 6.59. The molecule has 2 heterocycles. The lowest BCUT2D eigenvalue weighted by atomic mass is 9.98. The zero-order chi connectivity index (χ0) is 28.4. The smallest absolute Gasteiger partial charge is 0.416 e. The molecule has 41 heavy (non-hydrogen) atoms. The largest absolute Gasteiger partial charge is 0.508 e. The number of benzene rings is 2. The van der Waals surface area contributed by atoms with Gasteiger partial charge in [0, 0.05) is 50.2 Å². The van der Waals surface area contributed by atoms with E-state index in [0.29, 0.717) is 49.3 Å². The van der Waals surface area contributed by atoms with E-state index < -0.39 is 41.0 Å². The molecule has 0 bridgehead atoms. The van der Waals surface area contributed by atoms with Crippen molar-refractivity contribution in [3.05, 3.63) is 94.3 Å². The summed E-state index contributed by atoms with van der Waals surface area (Å²) in [7, 11) is 0. The number of carbonyl (C=O) groups is 1. The van der Waals surface area contributed by atoms with E-state index in [-0.39, 0.29) is 49.6 Å². The maximum atomic E-state index is 13.5. The highest BCUT2D eigenvalue weighted by atomic mass is 35.5. The Morgan fingerprint density at radius 3 is 2.17 bits per heavy atom. The molecule has 1 saturated heterocycles. The van der Waals surface area contributed by atoms with Crippen LogP contribution in [-0.4, -0.2) is 58.0 Å². The van der Waals surface area contributed by atoms with Gasteiger partial charge in [0.2, 0.25) is 0 Å². The van der Waals surface area contributed by atoms with Crippen LogP contribution >= 0.6 is 24.8 Å². The molecule has 5 nitrogen and oxygen atoms in total. The molecule has 1 aromatic heterocycles. The molecular formula is C28H29Cl2F6N3O2. The normalized spacial score (nSPS) is 16.1. The van der Waals surface area contributed by atoms with Crippen molar-refractivity contribution in [3.63, 3.8) is 0 Å². The number of hydrogen-bond acceptors (Lipinski definition) is 4. The van der Waals surface area contributed by atoms with E-state index in [1.54, 1.807) is 37.5 Å². The summed E-state index contributed by atoms with van der Waals surface area (Å²) in [6.45, 7) is 3.22. The summed E-state index contributed by atoms with van der Waals surface area (Å²) in [4.78, 5) is 21.0. The third-order valence-electron chi connectivity index (χ3n) is 6.85. The lowest BCUT2D eigenvalue weighted by Gasteiger charge is -2.42. The minimum absolute atomic E-state index is 0. The van der Waals surface area contributed by atoms with Crippen LogP contribution in [0.2, 0.25) is 0 Å². The topological polar surface area (TPSA) is 56.7 Å². The Morgan fingerprint density at radius 2 is 1.61 bits per heavy atom. The maximum absolute atomic E-state index is 13.5. The van der Waals surface area contributed by atoms with Gasteiger partial charge in [-0.05, 0) is 66.8 Å². The molecule has 0 spiro atoms. The summed E-state index contributed by atoms with van der Waals surface area (Å²) < 4.78 is 80.6. The summed E-state index contributed by atoms with van der Waals surface area (Å²) in [5.74, 6) is -0.845. The van der Waals surface area contributed by atoms with Crippen LogP contribution in [0, 0.1) is 6.92 Å². The first kappa shape index (κ1) is 34.2. The molecule has 0 saturated carbocycles. The van der Waals surface area contributed by atoms with Crippen LogP contribution in [0.5, 0.6) is 5.75 Å². The summed E-state index contributed by atoms with van der Waals surface area (Å²) in [5.41, 5.74) is -1.38. The molecule has 1 aliphatic rings. The Balaban J connectivity index is 0.00000294. The number of aromatic hydroxyl groups is 1. The molecule has 1 fully saturated rings. The number of rotatable bonds is 6. The van der Waals surface area contributed by atoms with E-state index >= 15 is 0 Å². The van der Waals surface area contributed by atoms with Crippen LogP contribution in [0.25, 0.3) is 0 Å². The first-order valence-corrected chi connectivity index (χ1v) is 12.3. The molecule has 0 aliphatic carbocycles. The summed E-state index contributed by atoms with van der Waals surface area (Å²) in [6, 6.07) is 9.21. The van der Waals surface area contributed by atoms with Crippen LogP contribution < -0.4 is 0 Å². The van der Waals surface area contributed by atoms with Gasteiger partial charge in [0.25, 0.3) is 5.91 Å². The number of pyridine rings is 1. The first-order valence-electron chi connectivity index (χ1n) is 12.3. The van der Waals surface area contributed by atoms with Crippen LogP contribution in [0.1, 0.15) is 38.2 Å². The Kier molecular flexibility index (Phi) is 11.5. The molecule has 1 N–H and O–H groups in total. The summed E-state index contributed by atoms with van der Waals surface area (Å²) >= 11 is 0. The number of nitrogens with zero attached hydrogens (tertiary/aromatic N) is 3. The SMILES string of the molecule is Cc1ccc(C[C@@H]2CN(CCc3cccnc3)CCN2C(=O)c2cc(C(F)(F)F)cc(C(F)(F)F)c2)cc1O.Cl.Cl. The summed E-state index contributed by atoms with van der Waals surface area (Å²) in [5, 5.41) is 10.1. The Morgan fingerprint density at radius 1 is 0.951 bits per heavy atom. The third-order valence-corrected chi connectivity index (χ3v) is 6.85. The first-order chi connectivity index (χ1) is 18.3. The van der Waals surface area contributed by atoms with E-state index in [0.717, 1.165) is 5.56 Å². The highest BCUT2D eigenvalue weighted by Gasteiger charge is 2.39. The Labute approximate surface area is 246 Å². The van der Waals surface area contributed by atoms with Gasteiger partial charge < -0.3 is 10.0 Å². The van der Waals surface area contributed by atoms with E-state index in [4.69, 9.17) is 0 Å². The Hall–Kier alpha value is -3.02. The minimum atomic E-state index is -5.06. The van der Waals surface area contributed by atoms with Gasteiger partial charge in [-0.3, -0.25) is 14.7 Å². The molecule has 13 heteroatoms. The fourth-order valence-electron chi connectivity index (χ4n) is 4.70. The van der Waals surface area contributed by atoms with E-state index in [1.165, 1.54) is 4.90 Å². The number of alkyl halides is 6. The molecule has 0 radical (unpaired) electrons. The zero-order valence-electron chi connectivity index (χ0n) is 21.9. The molecule has 2 aromatic carbocycles. The van der Waals surface area contributed by atoms with Crippen molar-refractivity contribution in [2.75, 3.05) is 26.2 Å². The Bertz CT molecular complexity index is 1290. The van der Waals surface area contributed by atoms with Crippen LogP contribution in [0.4, 0.5) is 26.3 Å². The second-order valence-corrected chi connectivity index (χ2v) is 9.68. The van der Waals surface area contributed by atoms with Crippen molar-refractivity contribution >= 4 is 30.7 Å². The van der Waals surface area contributed by atoms with Crippen molar-refractivity contribution in [1.29, 1.82) is 0 Å². The standard InChI is InChI=1S/C28H27F6N3O2.2ClH/c1-18-4-5-20(12-25(18)38)11-24-17-36(8-6-19-3-2-7-35-16-19)9-10-37(24)26(39)21-13-22(27(29,30)31)15-23(14-21)28(32,33)34;;/h2-5,7,12-16,24,38H,6,8-11,17H2,1H3;2*1H/t24-;;/m1../s1. The summed E-state index contributed by atoms with van der Waals surface area (Å²) in [6.07, 6.45) is -5.76. The minimum Gasteiger partial charge on any atom is -0.508 e. The fraction of sp³-hybridized carbons (Fsp3) is 0.357. The van der Waals surface area contributed by atoms with Crippen molar-refractivity contribution in [1.82, 2.24) is 14.8 Å². The van der Waals surface area contributed by atoms with E-state index in [9.17, 15) is 36.2 Å². The van der Waals surface area contributed by atoms with Crippen molar-refractivity contribution in [2.24, 2.45) is 0 Å². The second-order valence-electron chi connectivity index (χ2n) is 9.68. The lowest BCUT2D eigenvalue weighted by Crippen LogP contribution is -2.56. The number of phenols is 1. The van der Waals surface area contributed by atoms with Gasteiger partial charge >= 0.3 is 12.4 Å². The van der Waals surface area contributed by atoms with Gasteiger partial charge in [0.05, 0.1) is 11.1 Å². The highest BCUT2D eigenvalue weighted by molar-refractivity contribution is 5.95. The van der Waals surface area contributed by atoms with Crippen LogP contribution in [0.15, 0.2) is 60.9 Å². The number of amides is 1. The molecule has 1 amide bonds. The average molecular weight is 624 g/mol. The fourth-order valence-corrected chi connectivity index (χ4v) is 4.70. The van der Waals surface area contributed by atoms with Crippen molar-refractivity contribution in [3.8, 4) is 5.75 Å². The average Bonchev–Trinajstić information content (AvgIpc) is 2.89. The van der Waals surface area contributed by atoms with Gasteiger partial charge in [-0.2, -0.15) is 26.3 Å². The van der Waals surface area contributed by atoms with E-state index in [1.807, 2.05) is 12.1 Å². The number of piperazine rings is 1. The molecule has 224 valence electrons. The van der Waals surface area contributed by atoms with Crippen molar-refractivity contribution in [2.45, 2.75) is 38.2 Å².